The lowest BCUT2D eigenvalue weighted by Crippen LogP contribution is -2.25. The Balaban J connectivity index is 2.33. The number of carbonyl (C=O) groups is 2. The molecular weight excluding hydrogens is 266 g/mol. The van der Waals surface area contributed by atoms with Crippen LogP contribution < -0.4 is 10.1 Å². The van der Waals surface area contributed by atoms with E-state index in [1.165, 1.54) is 0 Å². The van der Waals surface area contributed by atoms with Gasteiger partial charge in [0.1, 0.15) is 5.75 Å². The van der Waals surface area contributed by atoms with Crippen LogP contribution in [0.2, 0.25) is 5.02 Å². The molecule has 0 fully saturated rings. The van der Waals surface area contributed by atoms with Crippen molar-refractivity contribution in [3.05, 3.63) is 22.7 Å². The number of benzene rings is 1. The topological polar surface area (TPSA) is 55.4 Å². The van der Waals surface area contributed by atoms with Crippen LogP contribution in [0.5, 0.6) is 5.75 Å². The molecular formula is C14H16ClNO3. The molecule has 1 aliphatic rings. The van der Waals surface area contributed by atoms with Gasteiger partial charge in [0.2, 0.25) is 0 Å². The van der Waals surface area contributed by atoms with Crippen LogP contribution in [0.4, 0.5) is 5.69 Å². The SMILES string of the molecule is CC(C)(C)CC(=O)c1cc2c(cc1Cl)NC(=O)CO2. The molecule has 1 aromatic rings. The predicted molar refractivity (Wildman–Crippen MR) is 74.0 cm³/mol. The van der Waals surface area contributed by atoms with E-state index in [4.69, 9.17) is 16.3 Å². The number of nitrogens with one attached hydrogen (secondary N) is 1. The third kappa shape index (κ3) is 3.26. The van der Waals surface area contributed by atoms with E-state index < -0.39 is 0 Å². The van der Waals surface area contributed by atoms with Gasteiger partial charge in [-0.2, -0.15) is 0 Å². The maximum Gasteiger partial charge on any atom is 0.262 e. The summed E-state index contributed by atoms with van der Waals surface area (Å²) in [6.07, 6.45) is 0.401. The van der Waals surface area contributed by atoms with Crippen molar-refractivity contribution in [3.8, 4) is 5.75 Å². The third-order valence-electron chi connectivity index (χ3n) is 2.69. The first kappa shape index (κ1) is 13.9. The van der Waals surface area contributed by atoms with E-state index in [0.717, 1.165) is 0 Å². The van der Waals surface area contributed by atoms with E-state index >= 15 is 0 Å². The van der Waals surface area contributed by atoms with Crippen LogP contribution in [0.25, 0.3) is 0 Å². The number of Topliss-reactive ketones (excluding diaryl/α,β-unsaturated/α-hetero) is 1. The third-order valence-corrected chi connectivity index (χ3v) is 3.01. The number of anilines is 1. The summed E-state index contributed by atoms with van der Waals surface area (Å²) in [7, 11) is 0. The fraction of sp³-hybridized carbons (Fsp3) is 0.429. The molecule has 0 saturated carbocycles. The van der Waals surface area contributed by atoms with E-state index in [1.54, 1.807) is 12.1 Å². The number of hydrogen-bond donors (Lipinski definition) is 1. The van der Waals surface area contributed by atoms with Crippen molar-refractivity contribution in [2.24, 2.45) is 5.41 Å². The van der Waals surface area contributed by atoms with Crippen LogP contribution >= 0.6 is 11.6 Å². The van der Waals surface area contributed by atoms with E-state index in [-0.39, 0.29) is 23.7 Å². The zero-order valence-electron chi connectivity index (χ0n) is 11.2. The lowest BCUT2D eigenvalue weighted by Gasteiger charge is -2.21. The van der Waals surface area contributed by atoms with Crippen molar-refractivity contribution in [3.63, 3.8) is 0 Å². The van der Waals surface area contributed by atoms with Crippen LogP contribution in [0.1, 0.15) is 37.6 Å². The minimum absolute atomic E-state index is 0.0270. The summed E-state index contributed by atoms with van der Waals surface area (Å²) >= 11 is 6.10. The molecule has 1 N–H and O–H groups in total. The number of halogens is 1. The average Bonchev–Trinajstić information content (AvgIpc) is 2.25. The van der Waals surface area contributed by atoms with E-state index in [0.29, 0.717) is 28.4 Å². The minimum atomic E-state index is -0.225. The minimum Gasteiger partial charge on any atom is -0.482 e. The Kier molecular flexibility index (Phi) is 3.54. The van der Waals surface area contributed by atoms with Gasteiger partial charge < -0.3 is 10.1 Å². The number of hydrogen-bond acceptors (Lipinski definition) is 3. The van der Waals surface area contributed by atoms with Gasteiger partial charge in [-0.1, -0.05) is 32.4 Å². The smallest absolute Gasteiger partial charge is 0.262 e. The van der Waals surface area contributed by atoms with Gasteiger partial charge >= 0.3 is 0 Å². The number of ether oxygens (including phenoxy) is 1. The van der Waals surface area contributed by atoms with Gasteiger partial charge in [-0.15, -0.1) is 0 Å². The molecule has 1 amide bonds. The lowest BCUT2D eigenvalue weighted by atomic mass is 9.88. The maximum absolute atomic E-state index is 12.2. The molecule has 1 heterocycles. The summed E-state index contributed by atoms with van der Waals surface area (Å²) < 4.78 is 5.29. The maximum atomic E-state index is 12.2. The molecule has 0 radical (unpaired) electrons. The molecule has 5 heteroatoms. The first-order valence-electron chi connectivity index (χ1n) is 6.06. The van der Waals surface area contributed by atoms with Crippen LogP contribution in [0.15, 0.2) is 12.1 Å². The highest BCUT2D eigenvalue weighted by Gasteiger charge is 2.23. The van der Waals surface area contributed by atoms with Crippen LogP contribution in [-0.4, -0.2) is 18.3 Å². The molecule has 0 aromatic heterocycles. The van der Waals surface area contributed by atoms with Crippen LogP contribution in [-0.2, 0) is 4.79 Å². The fourth-order valence-electron chi connectivity index (χ4n) is 1.89. The molecule has 1 aromatic carbocycles. The quantitative estimate of drug-likeness (QED) is 0.846. The highest BCUT2D eigenvalue weighted by molar-refractivity contribution is 6.34. The molecule has 4 nitrogen and oxygen atoms in total. The number of fused-ring (bicyclic) bond motifs is 1. The molecule has 1 aliphatic heterocycles. The zero-order chi connectivity index (χ0) is 14.2. The molecule has 0 saturated heterocycles. The Hall–Kier alpha value is -1.55. The fourth-order valence-corrected chi connectivity index (χ4v) is 2.16. The summed E-state index contributed by atoms with van der Waals surface area (Å²) in [6.45, 7) is 5.94. The first-order chi connectivity index (χ1) is 8.76. The van der Waals surface area contributed by atoms with Gasteiger partial charge in [0.25, 0.3) is 5.91 Å². The normalized spacial score (nSPS) is 14.4. The highest BCUT2D eigenvalue weighted by Crippen LogP contribution is 2.35. The van der Waals surface area contributed by atoms with Gasteiger partial charge in [-0.25, -0.2) is 0 Å². The summed E-state index contributed by atoms with van der Waals surface area (Å²) in [5, 5.41) is 2.99. The molecule has 102 valence electrons. The summed E-state index contributed by atoms with van der Waals surface area (Å²) in [5.74, 6) is 0.236. The zero-order valence-corrected chi connectivity index (χ0v) is 11.9. The van der Waals surface area contributed by atoms with E-state index in [1.807, 2.05) is 20.8 Å². The van der Waals surface area contributed by atoms with E-state index in [2.05, 4.69) is 5.32 Å². The van der Waals surface area contributed by atoms with Gasteiger partial charge in [0.15, 0.2) is 12.4 Å². The molecule has 0 unspecified atom stereocenters. The highest BCUT2D eigenvalue weighted by atomic mass is 35.5. The average molecular weight is 282 g/mol. The Morgan fingerprint density at radius 3 is 2.74 bits per heavy atom. The largest absolute Gasteiger partial charge is 0.482 e. The lowest BCUT2D eigenvalue weighted by molar-refractivity contribution is -0.118. The number of rotatable bonds is 2. The second kappa shape index (κ2) is 4.85. The standard InChI is InChI=1S/C14H16ClNO3/c1-14(2,3)6-11(17)8-4-12-10(5-9(8)15)16-13(18)7-19-12/h4-5H,6-7H2,1-3H3,(H,16,18). The molecule has 19 heavy (non-hydrogen) atoms. The second-order valence-corrected chi connectivity index (χ2v) is 6.23. The number of ketones is 1. The van der Waals surface area contributed by atoms with Crippen molar-refractivity contribution >= 4 is 29.0 Å². The van der Waals surface area contributed by atoms with Crippen LogP contribution in [0, 0.1) is 5.41 Å². The van der Waals surface area contributed by atoms with Gasteiger partial charge in [-0.3, -0.25) is 9.59 Å². The Bertz CT molecular complexity index is 546. The van der Waals surface area contributed by atoms with Crippen LogP contribution in [0.3, 0.4) is 0 Å². The number of carbonyl (C=O) groups excluding carboxylic acids is 2. The Morgan fingerprint density at radius 1 is 1.42 bits per heavy atom. The van der Waals surface area contributed by atoms with Gasteiger partial charge in [0.05, 0.1) is 10.7 Å². The Morgan fingerprint density at radius 2 is 2.11 bits per heavy atom. The molecule has 0 aliphatic carbocycles. The van der Waals surface area contributed by atoms with Crippen molar-refractivity contribution < 1.29 is 14.3 Å². The van der Waals surface area contributed by atoms with Gasteiger partial charge in [0, 0.05) is 12.0 Å². The number of amides is 1. The predicted octanol–water partition coefficient (Wildman–Crippen LogP) is 3.29. The van der Waals surface area contributed by atoms with Crippen molar-refractivity contribution in [1.29, 1.82) is 0 Å². The molecule has 0 bridgehead atoms. The molecule has 0 spiro atoms. The monoisotopic (exact) mass is 281 g/mol. The second-order valence-electron chi connectivity index (χ2n) is 5.83. The first-order valence-corrected chi connectivity index (χ1v) is 6.43. The van der Waals surface area contributed by atoms with Crippen molar-refractivity contribution in [2.75, 3.05) is 11.9 Å². The molecule has 2 rings (SSSR count). The van der Waals surface area contributed by atoms with Crippen molar-refractivity contribution in [2.45, 2.75) is 27.2 Å². The van der Waals surface area contributed by atoms with Crippen molar-refractivity contribution in [1.82, 2.24) is 0 Å². The summed E-state index contributed by atoms with van der Waals surface area (Å²) in [5.41, 5.74) is 0.839. The van der Waals surface area contributed by atoms with E-state index in [9.17, 15) is 9.59 Å². The Labute approximate surface area is 117 Å². The van der Waals surface area contributed by atoms with Gasteiger partial charge in [-0.05, 0) is 17.5 Å². The summed E-state index contributed by atoms with van der Waals surface area (Å²) in [6, 6.07) is 3.16. The summed E-state index contributed by atoms with van der Waals surface area (Å²) in [4.78, 5) is 23.4. The molecule has 0 atom stereocenters.